The summed E-state index contributed by atoms with van der Waals surface area (Å²) in [7, 11) is 0. The smallest absolute Gasteiger partial charge is 0.120 e. The van der Waals surface area contributed by atoms with Crippen molar-refractivity contribution in [3.8, 4) is 0 Å². The zero-order valence-electron chi connectivity index (χ0n) is 11.8. The van der Waals surface area contributed by atoms with Crippen LogP contribution in [0.5, 0.6) is 0 Å². The molecule has 106 valence electrons. The first kappa shape index (κ1) is 13.4. The number of rotatable bonds is 5. The van der Waals surface area contributed by atoms with Crippen LogP contribution < -0.4 is 5.32 Å². The van der Waals surface area contributed by atoms with Crippen LogP contribution in [-0.2, 0) is 11.3 Å². The number of ether oxygens (including phenoxy) is 1. The van der Waals surface area contributed by atoms with E-state index in [0.29, 0.717) is 5.92 Å². The highest BCUT2D eigenvalue weighted by molar-refractivity contribution is 5.19. The first-order chi connectivity index (χ1) is 9.84. The van der Waals surface area contributed by atoms with Gasteiger partial charge in [0.05, 0.1) is 18.9 Å². The molecule has 3 heteroatoms. The molecule has 1 aromatic carbocycles. The summed E-state index contributed by atoms with van der Waals surface area (Å²) in [5, 5.41) is 3.50. The Kier molecular flexibility index (Phi) is 4.19. The second kappa shape index (κ2) is 6.25. The number of benzene rings is 1. The average molecular weight is 271 g/mol. The fourth-order valence-electron chi connectivity index (χ4n) is 2.81. The zero-order chi connectivity index (χ0) is 13.8. The predicted octanol–water partition coefficient (Wildman–Crippen LogP) is 3.46. The SMILES string of the molecule is Cc1ccoc1CNC[C@H]1CCO[C@@H]1c1ccccc1. The van der Waals surface area contributed by atoms with E-state index in [0.717, 1.165) is 31.9 Å². The van der Waals surface area contributed by atoms with Crippen LogP contribution in [0.15, 0.2) is 47.1 Å². The van der Waals surface area contributed by atoms with E-state index in [1.807, 2.05) is 12.1 Å². The molecule has 1 fully saturated rings. The van der Waals surface area contributed by atoms with Gasteiger partial charge in [-0.1, -0.05) is 30.3 Å². The third-order valence-corrected chi connectivity index (χ3v) is 4.00. The monoisotopic (exact) mass is 271 g/mol. The van der Waals surface area contributed by atoms with E-state index < -0.39 is 0 Å². The lowest BCUT2D eigenvalue weighted by Crippen LogP contribution is -2.24. The van der Waals surface area contributed by atoms with Crippen LogP contribution in [-0.4, -0.2) is 13.2 Å². The minimum Gasteiger partial charge on any atom is -0.468 e. The fourth-order valence-corrected chi connectivity index (χ4v) is 2.81. The molecule has 2 atom stereocenters. The highest BCUT2D eigenvalue weighted by Gasteiger charge is 2.29. The van der Waals surface area contributed by atoms with Gasteiger partial charge in [-0.25, -0.2) is 0 Å². The molecule has 0 radical (unpaired) electrons. The Labute approximate surface area is 119 Å². The van der Waals surface area contributed by atoms with Gasteiger partial charge in [-0.15, -0.1) is 0 Å². The van der Waals surface area contributed by atoms with E-state index in [2.05, 4.69) is 36.5 Å². The molecule has 2 heterocycles. The highest BCUT2D eigenvalue weighted by Crippen LogP contribution is 2.33. The third-order valence-electron chi connectivity index (χ3n) is 4.00. The van der Waals surface area contributed by atoms with Gasteiger partial charge in [0.2, 0.25) is 0 Å². The lowest BCUT2D eigenvalue weighted by molar-refractivity contribution is 0.0903. The van der Waals surface area contributed by atoms with Crippen molar-refractivity contribution < 1.29 is 9.15 Å². The Morgan fingerprint density at radius 3 is 2.80 bits per heavy atom. The van der Waals surface area contributed by atoms with Gasteiger partial charge in [0, 0.05) is 19.1 Å². The van der Waals surface area contributed by atoms with Crippen LogP contribution >= 0.6 is 0 Å². The van der Waals surface area contributed by atoms with E-state index in [4.69, 9.17) is 9.15 Å². The minimum atomic E-state index is 0.224. The van der Waals surface area contributed by atoms with E-state index in [9.17, 15) is 0 Å². The van der Waals surface area contributed by atoms with Gasteiger partial charge in [-0.2, -0.15) is 0 Å². The van der Waals surface area contributed by atoms with E-state index in [1.54, 1.807) is 6.26 Å². The fraction of sp³-hybridized carbons (Fsp3) is 0.412. The molecule has 20 heavy (non-hydrogen) atoms. The van der Waals surface area contributed by atoms with Crippen molar-refractivity contribution in [2.45, 2.75) is 26.0 Å². The molecule has 0 saturated carbocycles. The molecule has 1 saturated heterocycles. The summed E-state index contributed by atoms with van der Waals surface area (Å²) < 4.78 is 11.3. The van der Waals surface area contributed by atoms with Crippen molar-refractivity contribution in [2.75, 3.05) is 13.2 Å². The van der Waals surface area contributed by atoms with E-state index in [1.165, 1.54) is 11.1 Å². The lowest BCUT2D eigenvalue weighted by Gasteiger charge is -2.19. The van der Waals surface area contributed by atoms with Gasteiger partial charge in [0.1, 0.15) is 5.76 Å². The molecule has 1 N–H and O–H groups in total. The third kappa shape index (κ3) is 2.94. The molecule has 3 rings (SSSR count). The van der Waals surface area contributed by atoms with Crippen molar-refractivity contribution in [3.05, 3.63) is 59.5 Å². The normalized spacial score (nSPS) is 22.2. The largest absolute Gasteiger partial charge is 0.468 e. The standard InChI is InChI=1S/C17H21NO2/c1-13-7-9-19-16(13)12-18-11-15-8-10-20-17(15)14-5-3-2-4-6-14/h2-7,9,15,17-18H,8,10-12H2,1H3/t15-,17-/m1/s1. The average Bonchev–Trinajstić information content (AvgIpc) is 3.10. The van der Waals surface area contributed by atoms with Crippen molar-refractivity contribution in [1.29, 1.82) is 0 Å². The molecular weight excluding hydrogens is 250 g/mol. The maximum Gasteiger partial charge on any atom is 0.120 e. The number of furan rings is 1. The number of nitrogens with one attached hydrogen (secondary N) is 1. The Balaban J connectivity index is 1.56. The molecule has 0 spiro atoms. The van der Waals surface area contributed by atoms with Gasteiger partial charge in [-0.3, -0.25) is 0 Å². The Morgan fingerprint density at radius 2 is 2.05 bits per heavy atom. The summed E-state index contributed by atoms with van der Waals surface area (Å²) in [5.41, 5.74) is 2.49. The molecular formula is C17H21NO2. The second-order valence-electron chi connectivity index (χ2n) is 5.41. The summed E-state index contributed by atoms with van der Waals surface area (Å²) in [4.78, 5) is 0. The minimum absolute atomic E-state index is 0.224. The van der Waals surface area contributed by atoms with Gasteiger partial charge >= 0.3 is 0 Å². The maximum absolute atomic E-state index is 5.90. The summed E-state index contributed by atoms with van der Waals surface area (Å²) >= 11 is 0. The molecule has 2 aromatic rings. The Hall–Kier alpha value is -1.58. The van der Waals surface area contributed by atoms with Gasteiger partial charge < -0.3 is 14.5 Å². The van der Waals surface area contributed by atoms with Crippen LogP contribution in [0.3, 0.4) is 0 Å². The maximum atomic E-state index is 5.90. The molecule has 0 unspecified atom stereocenters. The summed E-state index contributed by atoms with van der Waals surface area (Å²) in [6, 6.07) is 12.5. The van der Waals surface area contributed by atoms with Crippen LogP contribution in [0, 0.1) is 12.8 Å². The molecule has 1 aromatic heterocycles. The van der Waals surface area contributed by atoms with Gasteiger partial charge in [-0.05, 0) is 30.5 Å². The summed E-state index contributed by atoms with van der Waals surface area (Å²) in [6.45, 7) is 4.67. The van der Waals surface area contributed by atoms with E-state index in [-0.39, 0.29) is 6.10 Å². The van der Waals surface area contributed by atoms with Crippen LogP contribution in [0.25, 0.3) is 0 Å². The Morgan fingerprint density at radius 1 is 1.20 bits per heavy atom. The Bertz CT molecular complexity index is 535. The van der Waals surface area contributed by atoms with Crippen molar-refractivity contribution >= 4 is 0 Å². The quantitative estimate of drug-likeness (QED) is 0.904. The molecule has 3 nitrogen and oxygen atoms in total. The second-order valence-corrected chi connectivity index (χ2v) is 5.41. The van der Waals surface area contributed by atoms with Crippen LogP contribution in [0.4, 0.5) is 0 Å². The van der Waals surface area contributed by atoms with Crippen molar-refractivity contribution in [2.24, 2.45) is 5.92 Å². The molecule has 0 amide bonds. The number of hydrogen-bond acceptors (Lipinski definition) is 3. The zero-order valence-corrected chi connectivity index (χ0v) is 11.8. The number of aryl methyl sites for hydroxylation is 1. The van der Waals surface area contributed by atoms with Gasteiger partial charge in [0.15, 0.2) is 0 Å². The van der Waals surface area contributed by atoms with Crippen LogP contribution in [0.1, 0.15) is 29.4 Å². The highest BCUT2D eigenvalue weighted by atomic mass is 16.5. The first-order valence-corrected chi connectivity index (χ1v) is 7.25. The van der Waals surface area contributed by atoms with Crippen molar-refractivity contribution in [3.63, 3.8) is 0 Å². The predicted molar refractivity (Wildman–Crippen MR) is 78.4 cm³/mol. The van der Waals surface area contributed by atoms with Crippen molar-refractivity contribution in [1.82, 2.24) is 5.32 Å². The molecule has 0 aliphatic carbocycles. The topological polar surface area (TPSA) is 34.4 Å². The summed E-state index contributed by atoms with van der Waals surface area (Å²) in [6.07, 6.45) is 3.09. The van der Waals surface area contributed by atoms with Crippen LogP contribution in [0.2, 0.25) is 0 Å². The number of hydrogen-bond donors (Lipinski definition) is 1. The lowest BCUT2D eigenvalue weighted by atomic mass is 9.95. The first-order valence-electron chi connectivity index (χ1n) is 7.25. The molecule has 1 aliphatic rings. The molecule has 0 bridgehead atoms. The van der Waals surface area contributed by atoms with E-state index >= 15 is 0 Å². The molecule has 1 aliphatic heterocycles. The summed E-state index contributed by atoms with van der Waals surface area (Å²) in [5.74, 6) is 1.56. The van der Waals surface area contributed by atoms with Gasteiger partial charge in [0.25, 0.3) is 0 Å².